The van der Waals surface area contributed by atoms with Crippen LogP contribution in [0.4, 0.5) is 10.1 Å². The first-order valence-electron chi connectivity index (χ1n) is 11.5. The highest BCUT2D eigenvalue weighted by molar-refractivity contribution is 5.82. The number of aromatic nitrogens is 1. The Morgan fingerprint density at radius 3 is 2.91 bits per heavy atom. The summed E-state index contributed by atoms with van der Waals surface area (Å²) in [6.07, 6.45) is 1.87. The van der Waals surface area contributed by atoms with E-state index >= 15 is 0 Å². The van der Waals surface area contributed by atoms with Crippen molar-refractivity contribution in [1.82, 2.24) is 20.7 Å². The average molecular weight is 475 g/mol. The van der Waals surface area contributed by atoms with Gasteiger partial charge in [-0.2, -0.15) is 9.65 Å². The smallest absolute Gasteiger partial charge is 0.335 e. The van der Waals surface area contributed by atoms with Crippen LogP contribution < -0.4 is 16.1 Å². The molecule has 3 aliphatic rings. The van der Waals surface area contributed by atoms with Gasteiger partial charge in [-0.1, -0.05) is 0 Å². The van der Waals surface area contributed by atoms with Gasteiger partial charge >= 0.3 is 5.97 Å². The number of esters is 1. The number of carbonyl (C=O) groups excluding carboxylic acids is 2. The summed E-state index contributed by atoms with van der Waals surface area (Å²) in [7, 11) is 0. The van der Waals surface area contributed by atoms with E-state index in [0.29, 0.717) is 31.5 Å². The highest BCUT2D eigenvalue weighted by Gasteiger charge is 2.55. The number of halogens is 1. The molecule has 0 bridgehead atoms. The number of hydrogen-bond acceptors (Lipinski definition) is 9. The molecule has 1 aromatic rings. The second-order valence-electron chi connectivity index (χ2n) is 10.1. The third-order valence-corrected chi connectivity index (χ3v) is 6.49. The first-order chi connectivity index (χ1) is 16.1. The van der Waals surface area contributed by atoms with Crippen molar-refractivity contribution in [3.63, 3.8) is 0 Å². The summed E-state index contributed by atoms with van der Waals surface area (Å²) in [4.78, 5) is 28.9. The SMILES string of the molecule is CC(C)(C)OC(=O)[C@@H]1CC[C@@](CC#N)(N2NC(Nc3ccnc(F)c3)C3C(=O)NCCC32)CO1. The van der Waals surface area contributed by atoms with Crippen LogP contribution in [0.2, 0.25) is 0 Å². The predicted octanol–water partition coefficient (Wildman–Crippen LogP) is 1.46. The van der Waals surface area contributed by atoms with Crippen LogP contribution in [0.15, 0.2) is 18.3 Å². The van der Waals surface area contributed by atoms with Crippen LogP contribution in [0.1, 0.15) is 46.5 Å². The summed E-state index contributed by atoms with van der Waals surface area (Å²) in [5.74, 6) is -1.63. The summed E-state index contributed by atoms with van der Waals surface area (Å²) in [6.45, 7) is 6.06. The molecule has 0 radical (unpaired) electrons. The third kappa shape index (κ3) is 4.99. The molecule has 0 spiro atoms. The number of nitrogens with zero attached hydrogens (tertiary/aromatic N) is 3. The Balaban J connectivity index is 1.55. The van der Waals surface area contributed by atoms with Crippen LogP contribution in [0.25, 0.3) is 0 Å². The van der Waals surface area contributed by atoms with Crippen molar-refractivity contribution < 1.29 is 23.5 Å². The van der Waals surface area contributed by atoms with Crippen molar-refractivity contribution in [1.29, 1.82) is 5.26 Å². The number of pyridine rings is 1. The number of fused-ring (bicyclic) bond motifs is 1. The molecule has 1 aromatic heterocycles. The van der Waals surface area contributed by atoms with Gasteiger partial charge in [0, 0.05) is 30.5 Å². The van der Waals surface area contributed by atoms with Gasteiger partial charge in [-0.05, 0) is 46.1 Å². The Labute approximate surface area is 198 Å². The first kappa shape index (κ1) is 24.3. The van der Waals surface area contributed by atoms with Gasteiger partial charge < -0.3 is 20.1 Å². The maximum atomic E-state index is 13.6. The molecule has 0 aliphatic carbocycles. The van der Waals surface area contributed by atoms with Crippen molar-refractivity contribution >= 4 is 17.6 Å². The van der Waals surface area contributed by atoms with E-state index in [1.807, 2.05) is 5.01 Å². The maximum absolute atomic E-state index is 13.6. The zero-order chi connectivity index (χ0) is 24.5. The third-order valence-electron chi connectivity index (χ3n) is 6.49. The lowest BCUT2D eigenvalue weighted by Crippen LogP contribution is -2.63. The minimum atomic E-state index is -0.728. The molecule has 3 N–H and O–H groups in total. The van der Waals surface area contributed by atoms with E-state index < -0.39 is 41.2 Å². The lowest BCUT2D eigenvalue weighted by Gasteiger charge is -2.47. The second kappa shape index (κ2) is 9.44. The van der Waals surface area contributed by atoms with Crippen molar-refractivity contribution in [2.45, 2.75) is 75.9 Å². The van der Waals surface area contributed by atoms with Gasteiger partial charge in [0.1, 0.15) is 11.8 Å². The maximum Gasteiger partial charge on any atom is 0.335 e. The van der Waals surface area contributed by atoms with E-state index in [1.165, 1.54) is 12.3 Å². The number of ether oxygens (including phenoxy) is 2. The highest BCUT2D eigenvalue weighted by Crippen LogP contribution is 2.40. The monoisotopic (exact) mass is 474 g/mol. The number of nitrogens with one attached hydrogen (secondary N) is 3. The fraction of sp³-hybridized carbons (Fsp3) is 0.652. The number of rotatable bonds is 5. The fourth-order valence-corrected chi connectivity index (χ4v) is 5.01. The fourth-order valence-electron chi connectivity index (χ4n) is 5.01. The molecule has 11 heteroatoms. The summed E-state index contributed by atoms with van der Waals surface area (Å²) < 4.78 is 25.1. The minimum Gasteiger partial charge on any atom is -0.458 e. The molecular formula is C23H31FN6O4. The summed E-state index contributed by atoms with van der Waals surface area (Å²) >= 11 is 0. The molecule has 3 aliphatic heterocycles. The van der Waals surface area contributed by atoms with E-state index in [4.69, 9.17) is 9.47 Å². The Morgan fingerprint density at radius 2 is 2.26 bits per heavy atom. The molecule has 3 saturated heterocycles. The zero-order valence-electron chi connectivity index (χ0n) is 19.6. The van der Waals surface area contributed by atoms with Crippen LogP contribution in [-0.2, 0) is 19.1 Å². The molecule has 4 heterocycles. The van der Waals surface area contributed by atoms with E-state index in [1.54, 1.807) is 26.8 Å². The van der Waals surface area contributed by atoms with E-state index in [2.05, 4.69) is 27.1 Å². The van der Waals surface area contributed by atoms with Crippen LogP contribution in [-0.4, -0.2) is 64.5 Å². The van der Waals surface area contributed by atoms with Crippen LogP contribution in [0.5, 0.6) is 0 Å². The molecule has 1 amide bonds. The lowest BCUT2D eigenvalue weighted by atomic mass is 9.83. The number of anilines is 1. The van der Waals surface area contributed by atoms with Crippen LogP contribution in [0.3, 0.4) is 0 Å². The summed E-state index contributed by atoms with van der Waals surface area (Å²) in [5, 5.41) is 17.7. The van der Waals surface area contributed by atoms with E-state index in [-0.39, 0.29) is 25.0 Å². The molecule has 3 unspecified atom stereocenters. The second-order valence-corrected chi connectivity index (χ2v) is 10.1. The molecule has 184 valence electrons. The van der Waals surface area contributed by atoms with Crippen molar-refractivity contribution in [2.75, 3.05) is 18.5 Å². The largest absolute Gasteiger partial charge is 0.458 e. The van der Waals surface area contributed by atoms with Gasteiger partial charge in [-0.15, -0.1) is 0 Å². The Morgan fingerprint density at radius 1 is 1.47 bits per heavy atom. The van der Waals surface area contributed by atoms with Gasteiger partial charge in [-0.25, -0.2) is 20.2 Å². The summed E-state index contributed by atoms with van der Waals surface area (Å²) in [6, 6.07) is 4.95. The van der Waals surface area contributed by atoms with Crippen molar-refractivity contribution in [3.8, 4) is 6.07 Å². The van der Waals surface area contributed by atoms with E-state index in [9.17, 15) is 19.2 Å². The van der Waals surface area contributed by atoms with Gasteiger partial charge in [0.15, 0.2) is 6.10 Å². The van der Waals surface area contributed by atoms with Gasteiger partial charge in [0.05, 0.1) is 30.6 Å². The van der Waals surface area contributed by atoms with Crippen molar-refractivity contribution in [2.24, 2.45) is 5.92 Å². The predicted molar refractivity (Wildman–Crippen MR) is 119 cm³/mol. The Hall–Kier alpha value is -2.81. The topological polar surface area (TPSA) is 129 Å². The molecular weight excluding hydrogens is 443 g/mol. The van der Waals surface area contributed by atoms with Gasteiger partial charge in [0.25, 0.3) is 0 Å². The molecule has 3 fully saturated rings. The number of hydrogen-bond donors (Lipinski definition) is 3. The van der Waals surface area contributed by atoms with E-state index in [0.717, 1.165) is 0 Å². The first-order valence-corrected chi connectivity index (χ1v) is 11.5. The number of carbonyl (C=O) groups is 2. The Kier molecular flexibility index (Phi) is 6.75. The number of piperidine rings is 1. The molecule has 0 saturated carbocycles. The van der Waals surface area contributed by atoms with Gasteiger partial charge in [0.2, 0.25) is 11.9 Å². The molecule has 10 nitrogen and oxygen atoms in total. The Bertz CT molecular complexity index is 969. The van der Waals surface area contributed by atoms with Crippen molar-refractivity contribution in [3.05, 3.63) is 24.3 Å². The molecule has 0 aromatic carbocycles. The molecule has 4 rings (SSSR count). The quantitative estimate of drug-likeness (QED) is 0.429. The zero-order valence-corrected chi connectivity index (χ0v) is 19.6. The minimum absolute atomic E-state index is 0.117. The lowest BCUT2D eigenvalue weighted by molar-refractivity contribution is -0.180. The van der Waals surface area contributed by atoms with Crippen LogP contribution >= 0.6 is 0 Å². The number of hydrazine groups is 1. The number of amides is 1. The molecule has 5 atom stereocenters. The highest BCUT2D eigenvalue weighted by atomic mass is 19.1. The van der Waals surface area contributed by atoms with Gasteiger partial charge in [-0.3, -0.25) is 4.79 Å². The molecule has 34 heavy (non-hydrogen) atoms. The average Bonchev–Trinajstić information content (AvgIpc) is 3.13. The van der Waals surface area contributed by atoms with Crippen LogP contribution in [0, 0.1) is 23.2 Å². The normalized spacial score (nSPS) is 31.8. The summed E-state index contributed by atoms with van der Waals surface area (Å²) in [5.41, 5.74) is 2.52. The standard InChI is InChI=1S/C23H31FN6O4/c1-22(2,3)34-21(32)16-4-7-23(8-9-25,13-33-16)30-15-6-11-27-20(31)18(15)19(29-30)28-14-5-10-26-17(24)12-14/h5,10,12,15-16,18-19,29H,4,6-8,11,13H2,1-3H3,(H,26,28)(H,27,31)/t15?,16-,18?,19?,23-/m0/s1. The number of nitriles is 1.